The summed E-state index contributed by atoms with van der Waals surface area (Å²) in [7, 11) is 3.69. The standard InChI is InChI=1S/C9H15N5OS/c1-13-3-4-16-6-7(13)8(15)5-9-10-12-14(2)11-9/h7H,3-6H2,1-2H3. The summed E-state index contributed by atoms with van der Waals surface area (Å²) in [5, 5.41) is 11.6. The highest BCUT2D eigenvalue weighted by molar-refractivity contribution is 7.99. The molecule has 2 rings (SSSR count). The first-order valence-electron chi connectivity index (χ1n) is 5.20. The van der Waals surface area contributed by atoms with Crippen molar-refractivity contribution in [3.8, 4) is 0 Å². The maximum absolute atomic E-state index is 12.0. The lowest BCUT2D eigenvalue weighted by molar-refractivity contribution is -0.122. The molecule has 0 amide bonds. The number of rotatable bonds is 3. The number of ketones is 1. The number of aryl methyl sites for hydroxylation is 1. The monoisotopic (exact) mass is 241 g/mol. The first-order valence-corrected chi connectivity index (χ1v) is 6.36. The third-order valence-electron chi connectivity index (χ3n) is 2.65. The van der Waals surface area contributed by atoms with Crippen molar-refractivity contribution >= 4 is 17.5 Å². The normalized spacial score (nSPS) is 22.2. The fraction of sp³-hybridized carbons (Fsp3) is 0.778. The predicted molar refractivity (Wildman–Crippen MR) is 61.3 cm³/mol. The van der Waals surface area contributed by atoms with Crippen LogP contribution in [0, 0.1) is 0 Å². The van der Waals surface area contributed by atoms with E-state index in [0.717, 1.165) is 18.1 Å². The van der Waals surface area contributed by atoms with Crippen LogP contribution in [0.25, 0.3) is 0 Å². The van der Waals surface area contributed by atoms with Gasteiger partial charge in [0, 0.05) is 18.1 Å². The Morgan fingerprint density at radius 3 is 3.00 bits per heavy atom. The maximum Gasteiger partial charge on any atom is 0.182 e. The molecule has 1 aliphatic rings. The minimum atomic E-state index is 0.00237. The molecule has 2 heterocycles. The molecule has 0 bridgehead atoms. The largest absolute Gasteiger partial charge is 0.297 e. The van der Waals surface area contributed by atoms with Crippen molar-refractivity contribution in [1.29, 1.82) is 0 Å². The van der Waals surface area contributed by atoms with Gasteiger partial charge in [0.1, 0.15) is 0 Å². The number of aromatic nitrogens is 4. The zero-order valence-electron chi connectivity index (χ0n) is 9.46. The molecule has 1 aliphatic heterocycles. The SMILES string of the molecule is CN1CCSCC1C(=O)Cc1nnn(C)n1. The van der Waals surface area contributed by atoms with Gasteiger partial charge in [-0.15, -0.1) is 10.2 Å². The number of likely N-dealkylation sites (N-methyl/N-ethyl adjacent to an activating group) is 1. The molecule has 1 fully saturated rings. The van der Waals surface area contributed by atoms with Crippen LogP contribution in [0.2, 0.25) is 0 Å². The summed E-state index contributed by atoms with van der Waals surface area (Å²) < 4.78 is 0. The number of hydrogen-bond acceptors (Lipinski definition) is 6. The second-order valence-electron chi connectivity index (χ2n) is 3.91. The molecule has 0 aliphatic carbocycles. The van der Waals surface area contributed by atoms with Crippen LogP contribution in [0.5, 0.6) is 0 Å². The van der Waals surface area contributed by atoms with E-state index in [4.69, 9.17) is 0 Å². The average Bonchev–Trinajstić information content (AvgIpc) is 2.64. The van der Waals surface area contributed by atoms with Crippen LogP contribution >= 0.6 is 11.8 Å². The van der Waals surface area contributed by atoms with E-state index in [1.807, 2.05) is 18.8 Å². The third-order valence-corrected chi connectivity index (χ3v) is 3.67. The molecule has 1 aromatic heterocycles. The highest BCUT2D eigenvalue weighted by Crippen LogP contribution is 2.16. The molecule has 1 aromatic rings. The van der Waals surface area contributed by atoms with Crippen LogP contribution < -0.4 is 0 Å². The van der Waals surface area contributed by atoms with Crippen LogP contribution in [-0.2, 0) is 18.3 Å². The molecule has 16 heavy (non-hydrogen) atoms. The topological polar surface area (TPSA) is 63.9 Å². The Balaban J connectivity index is 1.96. The molecule has 0 radical (unpaired) electrons. The first-order chi connectivity index (χ1) is 7.66. The number of Topliss-reactive ketones (excluding diaryl/α,β-unsaturated/α-hetero) is 1. The fourth-order valence-electron chi connectivity index (χ4n) is 1.69. The highest BCUT2D eigenvalue weighted by atomic mass is 32.2. The maximum atomic E-state index is 12.0. The number of carbonyl (C=O) groups is 1. The van der Waals surface area contributed by atoms with Gasteiger partial charge in [-0.25, -0.2) is 0 Å². The van der Waals surface area contributed by atoms with Crippen LogP contribution in [-0.4, -0.2) is 62.0 Å². The first kappa shape index (κ1) is 11.5. The Morgan fingerprint density at radius 2 is 2.38 bits per heavy atom. The van der Waals surface area contributed by atoms with Crippen LogP contribution in [0.15, 0.2) is 0 Å². The van der Waals surface area contributed by atoms with Crippen LogP contribution in [0.1, 0.15) is 5.82 Å². The average molecular weight is 241 g/mol. The number of tetrazole rings is 1. The molecule has 1 unspecified atom stereocenters. The van der Waals surface area contributed by atoms with Gasteiger partial charge in [-0.05, 0) is 12.3 Å². The van der Waals surface area contributed by atoms with Crippen molar-refractivity contribution in [3.63, 3.8) is 0 Å². The lowest BCUT2D eigenvalue weighted by Gasteiger charge is -2.30. The minimum Gasteiger partial charge on any atom is -0.297 e. The molecule has 6 nitrogen and oxygen atoms in total. The number of carbonyl (C=O) groups excluding carboxylic acids is 1. The van der Waals surface area contributed by atoms with E-state index >= 15 is 0 Å². The van der Waals surface area contributed by atoms with E-state index in [9.17, 15) is 4.79 Å². The van der Waals surface area contributed by atoms with Crippen LogP contribution in [0.3, 0.4) is 0 Å². The van der Waals surface area contributed by atoms with Gasteiger partial charge < -0.3 is 0 Å². The summed E-state index contributed by atoms with van der Waals surface area (Å²) >= 11 is 1.83. The Labute approximate surface area is 98.4 Å². The van der Waals surface area contributed by atoms with E-state index in [0.29, 0.717) is 5.82 Å². The van der Waals surface area contributed by atoms with E-state index in [2.05, 4.69) is 20.3 Å². The quantitative estimate of drug-likeness (QED) is 0.702. The molecule has 0 aromatic carbocycles. The second-order valence-corrected chi connectivity index (χ2v) is 5.06. The number of thioether (sulfide) groups is 1. The van der Waals surface area contributed by atoms with Crippen molar-refractivity contribution in [2.24, 2.45) is 7.05 Å². The molecule has 0 spiro atoms. The van der Waals surface area contributed by atoms with E-state index in [1.54, 1.807) is 7.05 Å². The van der Waals surface area contributed by atoms with Crippen LogP contribution in [0.4, 0.5) is 0 Å². The number of nitrogens with zero attached hydrogens (tertiary/aromatic N) is 5. The van der Waals surface area contributed by atoms with Gasteiger partial charge in [0.25, 0.3) is 0 Å². The molecule has 1 atom stereocenters. The van der Waals surface area contributed by atoms with Gasteiger partial charge in [-0.1, -0.05) is 0 Å². The van der Waals surface area contributed by atoms with Gasteiger partial charge in [-0.3, -0.25) is 9.69 Å². The van der Waals surface area contributed by atoms with Gasteiger partial charge in [0.2, 0.25) is 0 Å². The van der Waals surface area contributed by atoms with E-state index in [1.165, 1.54) is 4.80 Å². The van der Waals surface area contributed by atoms with Gasteiger partial charge >= 0.3 is 0 Å². The Morgan fingerprint density at radius 1 is 1.56 bits per heavy atom. The van der Waals surface area contributed by atoms with E-state index < -0.39 is 0 Å². The van der Waals surface area contributed by atoms with Gasteiger partial charge in [0.15, 0.2) is 11.6 Å². The molecule has 0 N–H and O–H groups in total. The van der Waals surface area contributed by atoms with Crippen molar-refractivity contribution in [3.05, 3.63) is 5.82 Å². The summed E-state index contributed by atoms with van der Waals surface area (Å²) in [4.78, 5) is 15.5. The third kappa shape index (κ3) is 2.59. The lowest BCUT2D eigenvalue weighted by Crippen LogP contribution is -2.45. The number of hydrogen-bond donors (Lipinski definition) is 0. The minimum absolute atomic E-state index is 0.00237. The smallest absolute Gasteiger partial charge is 0.182 e. The fourth-order valence-corrected chi connectivity index (χ4v) is 2.94. The summed E-state index contributed by atoms with van der Waals surface area (Å²) in [5.41, 5.74) is 0. The van der Waals surface area contributed by atoms with Gasteiger partial charge in [-0.2, -0.15) is 16.6 Å². The van der Waals surface area contributed by atoms with Crippen molar-refractivity contribution in [2.75, 3.05) is 25.1 Å². The summed E-state index contributed by atoms with van der Waals surface area (Å²) in [5.74, 6) is 2.67. The zero-order valence-corrected chi connectivity index (χ0v) is 10.3. The lowest BCUT2D eigenvalue weighted by atomic mass is 10.1. The zero-order chi connectivity index (χ0) is 11.5. The molecular weight excluding hydrogens is 226 g/mol. The summed E-state index contributed by atoms with van der Waals surface area (Å²) in [6.45, 7) is 0.967. The van der Waals surface area contributed by atoms with Crippen molar-refractivity contribution < 1.29 is 4.79 Å². The Hall–Kier alpha value is -0.950. The molecular formula is C9H15N5OS. The molecule has 1 saturated heterocycles. The Kier molecular flexibility index (Phi) is 3.55. The molecule has 88 valence electrons. The molecule has 7 heteroatoms. The summed E-state index contributed by atoms with van der Waals surface area (Å²) in [6.07, 6.45) is 0.281. The predicted octanol–water partition coefficient (Wildman–Crippen LogP) is -0.631. The second kappa shape index (κ2) is 4.92. The van der Waals surface area contributed by atoms with Crippen molar-refractivity contribution in [1.82, 2.24) is 25.1 Å². The molecule has 0 saturated carbocycles. The van der Waals surface area contributed by atoms with E-state index in [-0.39, 0.29) is 18.2 Å². The summed E-state index contributed by atoms with van der Waals surface area (Å²) in [6, 6.07) is 0.00237. The highest BCUT2D eigenvalue weighted by Gasteiger charge is 2.26. The van der Waals surface area contributed by atoms with Gasteiger partial charge in [0.05, 0.1) is 19.5 Å². The van der Waals surface area contributed by atoms with Crippen molar-refractivity contribution in [2.45, 2.75) is 12.5 Å². The Bertz CT molecular complexity index is 380.